The van der Waals surface area contributed by atoms with Crippen LogP contribution in [0.25, 0.3) is 0 Å². The third-order valence-electron chi connectivity index (χ3n) is 1.61. The molecule has 0 aromatic carbocycles. The number of hydrogen-bond donors (Lipinski definition) is 2. The second-order valence-corrected chi connectivity index (χ2v) is 2.67. The molecule has 0 spiro atoms. The van der Waals surface area contributed by atoms with E-state index in [1.165, 1.54) is 7.11 Å². The molecular formula is C9H14N2O3. The second-order valence-electron chi connectivity index (χ2n) is 2.67. The second kappa shape index (κ2) is 5.29. The first-order valence-corrected chi connectivity index (χ1v) is 4.32. The van der Waals surface area contributed by atoms with Crippen molar-refractivity contribution in [3.05, 3.63) is 12.1 Å². The minimum absolute atomic E-state index is 0.0872. The van der Waals surface area contributed by atoms with Crippen LogP contribution in [-0.4, -0.2) is 30.4 Å². The van der Waals surface area contributed by atoms with Crippen LogP contribution in [-0.2, 0) is 0 Å². The molecule has 5 nitrogen and oxygen atoms in total. The van der Waals surface area contributed by atoms with Gasteiger partial charge in [0.25, 0.3) is 0 Å². The molecule has 78 valence electrons. The minimum Gasteiger partial charge on any atom is -0.481 e. The Morgan fingerprint density at radius 1 is 1.50 bits per heavy atom. The lowest BCUT2D eigenvalue weighted by atomic mass is 10.4. The van der Waals surface area contributed by atoms with Crippen LogP contribution in [0.4, 0.5) is 5.69 Å². The largest absolute Gasteiger partial charge is 0.481 e. The van der Waals surface area contributed by atoms with Gasteiger partial charge < -0.3 is 20.3 Å². The highest BCUT2D eigenvalue weighted by Gasteiger charge is 2.03. The van der Waals surface area contributed by atoms with Gasteiger partial charge in [-0.15, -0.1) is 0 Å². The van der Waals surface area contributed by atoms with Crippen molar-refractivity contribution >= 4 is 5.69 Å². The number of methoxy groups -OCH3 is 1. The number of pyridine rings is 1. The number of anilines is 1. The number of rotatable bonds is 5. The molecule has 1 aromatic rings. The first-order valence-electron chi connectivity index (χ1n) is 4.32. The quantitative estimate of drug-likeness (QED) is 0.671. The van der Waals surface area contributed by atoms with E-state index < -0.39 is 0 Å². The van der Waals surface area contributed by atoms with Gasteiger partial charge in [-0.1, -0.05) is 0 Å². The summed E-state index contributed by atoms with van der Waals surface area (Å²) in [5.41, 5.74) is 6.08. The molecule has 0 aliphatic rings. The SMILES string of the molecule is COc1ccc(N)c(OCCCO)n1. The van der Waals surface area contributed by atoms with Gasteiger partial charge in [-0.05, 0) is 6.07 Å². The number of aromatic nitrogens is 1. The van der Waals surface area contributed by atoms with E-state index in [1.54, 1.807) is 12.1 Å². The van der Waals surface area contributed by atoms with Crippen molar-refractivity contribution < 1.29 is 14.6 Å². The Balaban J connectivity index is 2.64. The molecule has 0 aliphatic heterocycles. The number of nitrogens with zero attached hydrogens (tertiary/aromatic N) is 1. The number of ether oxygens (including phenoxy) is 2. The molecule has 14 heavy (non-hydrogen) atoms. The zero-order chi connectivity index (χ0) is 10.4. The van der Waals surface area contributed by atoms with Crippen LogP contribution in [0.1, 0.15) is 6.42 Å². The lowest BCUT2D eigenvalue weighted by molar-refractivity contribution is 0.228. The minimum atomic E-state index is 0.0872. The number of hydrogen-bond acceptors (Lipinski definition) is 5. The van der Waals surface area contributed by atoms with Crippen molar-refractivity contribution in [1.29, 1.82) is 0 Å². The number of nitrogen functional groups attached to an aromatic ring is 1. The lowest BCUT2D eigenvalue weighted by Gasteiger charge is -2.07. The molecule has 0 atom stereocenters. The van der Waals surface area contributed by atoms with Gasteiger partial charge in [0.1, 0.15) is 0 Å². The summed E-state index contributed by atoms with van der Waals surface area (Å²) in [6, 6.07) is 3.33. The third kappa shape index (κ3) is 2.77. The fourth-order valence-electron chi connectivity index (χ4n) is 0.897. The summed E-state index contributed by atoms with van der Waals surface area (Å²) in [6.07, 6.45) is 0.554. The Labute approximate surface area is 82.5 Å². The van der Waals surface area contributed by atoms with E-state index in [0.717, 1.165) is 0 Å². The average Bonchev–Trinajstić information content (AvgIpc) is 2.21. The summed E-state index contributed by atoms with van der Waals surface area (Å²) in [7, 11) is 1.52. The van der Waals surface area contributed by atoms with E-state index in [9.17, 15) is 0 Å². The van der Waals surface area contributed by atoms with Crippen LogP contribution in [0.5, 0.6) is 11.8 Å². The highest BCUT2D eigenvalue weighted by molar-refractivity contribution is 5.49. The van der Waals surface area contributed by atoms with Gasteiger partial charge in [-0.25, -0.2) is 0 Å². The van der Waals surface area contributed by atoms with Crippen LogP contribution < -0.4 is 15.2 Å². The number of aliphatic hydroxyl groups excluding tert-OH is 1. The van der Waals surface area contributed by atoms with Crippen molar-refractivity contribution in [1.82, 2.24) is 4.98 Å². The predicted octanol–water partition coefficient (Wildman–Crippen LogP) is 0.434. The van der Waals surface area contributed by atoms with Crippen LogP contribution >= 0.6 is 0 Å². The van der Waals surface area contributed by atoms with Crippen molar-refractivity contribution in [3.63, 3.8) is 0 Å². The Morgan fingerprint density at radius 2 is 2.29 bits per heavy atom. The normalized spacial score (nSPS) is 9.86. The van der Waals surface area contributed by atoms with Gasteiger partial charge in [0, 0.05) is 19.1 Å². The monoisotopic (exact) mass is 198 g/mol. The van der Waals surface area contributed by atoms with E-state index in [2.05, 4.69) is 4.98 Å². The topological polar surface area (TPSA) is 77.6 Å². The van der Waals surface area contributed by atoms with Crippen LogP contribution in [0, 0.1) is 0 Å². The van der Waals surface area contributed by atoms with Crippen molar-refractivity contribution in [2.45, 2.75) is 6.42 Å². The third-order valence-corrected chi connectivity index (χ3v) is 1.61. The fraction of sp³-hybridized carbons (Fsp3) is 0.444. The molecule has 5 heteroatoms. The van der Waals surface area contributed by atoms with Crippen LogP contribution in [0.2, 0.25) is 0 Å². The average molecular weight is 198 g/mol. The first kappa shape index (κ1) is 10.6. The van der Waals surface area contributed by atoms with E-state index in [0.29, 0.717) is 30.5 Å². The standard InChI is InChI=1S/C9H14N2O3/c1-13-8-4-3-7(10)9(11-8)14-6-2-5-12/h3-4,12H,2,5-6,10H2,1H3. The molecule has 0 saturated carbocycles. The van der Waals surface area contributed by atoms with Crippen LogP contribution in [0.3, 0.4) is 0 Å². The highest BCUT2D eigenvalue weighted by atomic mass is 16.5. The zero-order valence-corrected chi connectivity index (χ0v) is 8.06. The fourth-order valence-corrected chi connectivity index (χ4v) is 0.897. The molecule has 0 amide bonds. The Bertz CT molecular complexity index is 291. The van der Waals surface area contributed by atoms with Crippen molar-refractivity contribution in [2.75, 3.05) is 26.1 Å². The summed E-state index contributed by atoms with van der Waals surface area (Å²) in [4.78, 5) is 4.01. The van der Waals surface area contributed by atoms with Crippen molar-refractivity contribution in [2.24, 2.45) is 0 Å². The maximum atomic E-state index is 8.56. The smallest absolute Gasteiger partial charge is 0.240 e. The van der Waals surface area contributed by atoms with Gasteiger partial charge in [-0.2, -0.15) is 4.98 Å². The van der Waals surface area contributed by atoms with Gasteiger partial charge in [-0.3, -0.25) is 0 Å². The molecule has 0 aliphatic carbocycles. The molecular weight excluding hydrogens is 184 g/mol. The molecule has 0 radical (unpaired) electrons. The maximum Gasteiger partial charge on any atom is 0.240 e. The molecule has 1 heterocycles. The van der Waals surface area contributed by atoms with Gasteiger partial charge in [0.2, 0.25) is 11.8 Å². The maximum absolute atomic E-state index is 8.56. The summed E-state index contributed by atoms with van der Waals surface area (Å²) >= 11 is 0. The summed E-state index contributed by atoms with van der Waals surface area (Å²) < 4.78 is 10.2. The Morgan fingerprint density at radius 3 is 2.93 bits per heavy atom. The van der Waals surface area contributed by atoms with Gasteiger partial charge in [0.15, 0.2) is 0 Å². The van der Waals surface area contributed by atoms with E-state index in [-0.39, 0.29) is 6.61 Å². The Kier molecular flexibility index (Phi) is 4.00. The van der Waals surface area contributed by atoms with E-state index in [1.807, 2.05) is 0 Å². The zero-order valence-electron chi connectivity index (χ0n) is 8.06. The molecule has 0 bridgehead atoms. The lowest BCUT2D eigenvalue weighted by Crippen LogP contribution is -2.04. The molecule has 0 unspecified atom stereocenters. The summed E-state index contributed by atoms with van der Waals surface area (Å²) in [5, 5.41) is 8.56. The molecule has 0 saturated heterocycles. The van der Waals surface area contributed by atoms with Gasteiger partial charge >= 0.3 is 0 Å². The van der Waals surface area contributed by atoms with Gasteiger partial charge in [0.05, 0.1) is 19.4 Å². The van der Waals surface area contributed by atoms with E-state index in [4.69, 9.17) is 20.3 Å². The molecule has 1 rings (SSSR count). The highest BCUT2D eigenvalue weighted by Crippen LogP contribution is 2.21. The van der Waals surface area contributed by atoms with E-state index >= 15 is 0 Å². The Hall–Kier alpha value is -1.49. The molecule has 3 N–H and O–H groups in total. The first-order chi connectivity index (χ1) is 6.77. The van der Waals surface area contributed by atoms with Crippen molar-refractivity contribution in [3.8, 4) is 11.8 Å². The number of nitrogens with two attached hydrogens (primary N) is 1. The molecule has 0 fully saturated rings. The molecule has 1 aromatic heterocycles. The predicted molar refractivity (Wildman–Crippen MR) is 52.4 cm³/mol. The van der Waals surface area contributed by atoms with Crippen LogP contribution in [0.15, 0.2) is 12.1 Å². The summed E-state index contributed by atoms with van der Waals surface area (Å²) in [5.74, 6) is 0.802. The number of aliphatic hydroxyl groups is 1. The summed E-state index contributed by atoms with van der Waals surface area (Å²) in [6.45, 7) is 0.477.